The van der Waals surface area contributed by atoms with Crippen LogP contribution in [-0.4, -0.2) is 28.6 Å². The van der Waals surface area contributed by atoms with Crippen molar-refractivity contribution in [3.63, 3.8) is 0 Å². The third-order valence-corrected chi connectivity index (χ3v) is 4.04. The Kier molecular flexibility index (Phi) is 6.33. The molecule has 1 aromatic heterocycles. The molecule has 29 heavy (non-hydrogen) atoms. The largest absolute Gasteiger partial charge is 0.482 e. The van der Waals surface area contributed by atoms with Gasteiger partial charge in [0.1, 0.15) is 11.6 Å². The molecule has 0 aliphatic rings. The lowest BCUT2D eigenvalue weighted by Gasteiger charge is -2.10. The van der Waals surface area contributed by atoms with Crippen molar-refractivity contribution >= 4 is 11.8 Å². The molecule has 0 fully saturated rings. The number of ketones is 1. The Morgan fingerprint density at radius 2 is 1.76 bits per heavy atom. The first-order valence-electron chi connectivity index (χ1n) is 9.01. The van der Waals surface area contributed by atoms with Gasteiger partial charge in [-0.25, -0.2) is 9.18 Å². The number of esters is 1. The van der Waals surface area contributed by atoms with Gasteiger partial charge in [-0.05, 0) is 55.5 Å². The highest BCUT2D eigenvalue weighted by Gasteiger charge is 2.19. The average molecular weight is 398 g/mol. The molecule has 0 unspecified atom stereocenters. The average Bonchev–Trinajstić information content (AvgIpc) is 3.23. The van der Waals surface area contributed by atoms with E-state index in [-0.39, 0.29) is 30.0 Å². The van der Waals surface area contributed by atoms with Crippen LogP contribution in [0.2, 0.25) is 0 Å². The number of halogens is 1. The van der Waals surface area contributed by atoms with Gasteiger partial charge in [-0.2, -0.15) is 0 Å². The molecule has 0 radical (unpaired) electrons. The standard InChI is InChI=1S/C21H19FN2O5/c1-3-18(25)14-6-10-17(11-7-14)27-12-19(26)28-13(2)20-23-24-21(29-20)15-4-8-16(22)9-5-15/h4-11,13H,3,12H2,1-2H3/t13-/m0/s1. The Bertz CT molecular complexity index is 983. The van der Waals surface area contributed by atoms with E-state index >= 15 is 0 Å². The molecule has 2 aromatic carbocycles. The topological polar surface area (TPSA) is 91.5 Å². The highest BCUT2D eigenvalue weighted by atomic mass is 19.1. The van der Waals surface area contributed by atoms with Gasteiger partial charge in [-0.3, -0.25) is 4.79 Å². The van der Waals surface area contributed by atoms with E-state index in [9.17, 15) is 14.0 Å². The third kappa shape index (κ3) is 5.25. The number of hydrogen-bond acceptors (Lipinski definition) is 7. The zero-order valence-electron chi connectivity index (χ0n) is 15.9. The molecule has 1 atom stereocenters. The molecule has 8 heteroatoms. The lowest BCUT2D eigenvalue weighted by molar-refractivity contribution is -0.152. The number of hydrogen-bond donors (Lipinski definition) is 0. The van der Waals surface area contributed by atoms with Gasteiger partial charge in [0.25, 0.3) is 5.89 Å². The molecule has 0 aliphatic carbocycles. The molecule has 150 valence electrons. The van der Waals surface area contributed by atoms with Gasteiger partial charge in [-0.1, -0.05) is 6.92 Å². The second kappa shape index (κ2) is 9.09. The second-order valence-corrected chi connectivity index (χ2v) is 6.17. The van der Waals surface area contributed by atoms with Crippen LogP contribution >= 0.6 is 0 Å². The van der Waals surface area contributed by atoms with Crippen molar-refractivity contribution in [2.45, 2.75) is 26.4 Å². The summed E-state index contributed by atoms with van der Waals surface area (Å²) in [4.78, 5) is 23.6. The van der Waals surface area contributed by atoms with Crippen LogP contribution in [0.3, 0.4) is 0 Å². The predicted octanol–water partition coefficient (Wildman–Crippen LogP) is 4.15. The van der Waals surface area contributed by atoms with Gasteiger partial charge in [0.15, 0.2) is 18.5 Å². The van der Waals surface area contributed by atoms with Crippen molar-refractivity contribution in [3.05, 3.63) is 65.8 Å². The zero-order valence-corrected chi connectivity index (χ0v) is 15.9. The molecule has 0 saturated carbocycles. The van der Waals surface area contributed by atoms with E-state index in [4.69, 9.17) is 13.9 Å². The van der Waals surface area contributed by atoms with E-state index in [1.54, 1.807) is 38.1 Å². The van der Waals surface area contributed by atoms with Crippen LogP contribution in [0.4, 0.5) is 4.39 Å². The number of benzene rings is 2. The van der Waals surface area contributed by atoms with Crippen LogP contribution in [0.15, 0.2) is 52.9 Å². The number of rotatable bonds is 8. The van der Waals surface area contributed by atoms with Crippen LogP contribution in [0.5, 0.6) is 5.75 Å². The lowest BCUT2D eigenvalue weighted by Crippen LogP contribution is -2.17. The van der Waals surface area contributed by atoms with E-state index < -0.39 is 12.1 Å². The third-order valence-electron chi connectivity index (χ3n) is 4.04. The Labute approximate surface area is 166 Å². The van der Waals surface area contributed by atoms with Crippen molar-refractivity contribution in [2.75, 3.05) is 6.61 Å². The summed E-state index contributed by atoms with van der Waals surface area (Å²) in [7, 11) is 0. The first kappa shape index (κ1) is 20.2. The van der Waals surface area contributed by atoms with Crippen LogP contribution in [-0.2, 0) is 9.53 Å². The number of Topliss-reactive ketones (excluding diaryl/α,β-unsaturated/α-hetero) is 1. The highest BCUT2D eigenvalue weighted by molar-refractivity contribution is 5.95. The van der Waals surface area contributed by atoms with Crippen LogP contribution in [0.1, 0.15) is 42.6 Å². The fourth-order valence-corrected chi connectivity index (χ4v) is 2.47. The van der Waals surface area contributed by atoms with Gasteiger partial charge in [0.2, 0.25) is 5.89 Å². The number of aromatic nitrogens is 2. The summed E-state index contributed by atoms with van der Waals surface area (Å²) in [5, 5.41) is 7.74. The fourth-order valence-electron chi connectivity index (χ4n) is 2.47. The van der Waals surface area contributed by atoms with E-state index in [1.807, 2.05) is 0 Å². The Morgan fingerprint density at radius 3 is 2.41 bits per heavy atom. The normalized spacial score (nSPS) is 11.7. The minimum Gasteiger partial charge on any atom is -0.482 e. The smallest absolute Gasteiger partial charge is 0.344 e. The lowest BCUT2D eigenvalue weighted by atomic mass is 10.1. The minimum atomic E-state index is -0.780. The minimum absolute atomic E-state index is 0.0318. The van der Waals surface area contributed by atoms with Crippen molar-refractivity contribution in [1.82, 2.24) is 10.2 Å². The van der Waals surface area contributed by atoms with E-state index in [0.29, 0.717) is 23.3 Å². The fraction of sp³-hybridized carbons (Fsp3) is 0.238. The first-order chi connectivity index (χ1) is 14.0. The summed E-state index contributed by atoms with van der Waals surface area (Å²) in [6.45, 7) is 3.06. The molecule has 3 aromatic rings. The van der Waals surface area contributed by atoms with Crippen molar-refractivity contribution in [2.24, 2.45) is 0 Å². The summed E-state index contributed by atoms with van der Waals surface area (Å²) < 4.78 is 29.1. The van der Waals surface area contributed by atoms with Crippen LogP contribution in [0, 0.1) is 5.82 Å². The number of carbonyl (C=O) groups excluding carboxylic acids is 2. The maximum atomic E-state index is 13.0. The monoisotopic (exact) mass is 398 g/mol. The van der Waals surface area contributed by atoms with E-state index in [1.165, 1.54) is 24.3 Å². The van der Waals surface area contributed by atoms with Crippen molar-refractivity contribution in [3.8, 4) is 17.2 Å². The molecule has 0 amide bonds. The summed E-state index contributed by atoms with van der Waals surface area (Å²) in [6, 6.07) is 12.1. The van der Waals surface area contributed by atoms with Crippen LogP contribution in [0.25, 0.3) is 11.5 Å². The van der Waals surface area contributed by atoms with Crippen molar-refractivity contribution < 1.29 is 27.9 Å². The Morgan fingerprint density at radius 1 is 1.07 bits per heavy atom. The number of ether oxygens (including phenoxy) is 2. The second-order valence-electron chi connectivity index (χ2n) is 6.17. The number of carbonyl (C=O) groups is 2. The van der Waals surface area contributed by atoms with Gasteiger partial charge in [-0.15, -0.1) is 10.2 Å². The molecule has 0 spiro atoms. The quantitative estimate of drug-likeness (QED) is 0.416. The van der Waals surface area contributed by atoms with Crippen molar-refractivity contribution in [1.29, 1.82) is 0 Å². The first-order valence-corrected chi connectivity index (χ1v) is 9.01. The molecule has 0 saturated heterocycles. The number of nitrogens with zero attached hydrogens (tertiary/aromatic N) is 2. The Hall–Kier alpha value is -3.55. The van der Waals surface area contributed by atoms with Crippen LogP contribution < -0.4 is 4.74 Å². The molecular weight excluding hydrogens is 379 g/mol. The summed E-state index contributed by atoms with van der Waals surface area (Å²) in [6.07, 6.45) is -0.361. The molecule has 1 heterocycles. The molecule has 0 aliphatic heterocycles. The van der Waals surface area contributed by atoms with E-state index in [0.717, 1.165) is 0 Å². The highest BCUT2D eigenvalue weighted by Crippen LogP contribution is 2.22. The van der Waals surface area contributed by atoms with Gasteiger partial charge >= 0.3 is 5.97 Å². The summed E-state index contributed by atoms with van der Waals surface area (Å²) >= 11 is 0. The SMILES string of the molecule is CCC(=O)c1ccc(OCC(=O)O[C@@H](C)c2nnc(-c3ccc(F)cc3)o2)cc1. The molecule has 0 bridgehead atoms. The summed E-state index contributed by atoms with van der Waals surface area (Å²) in [5.74, 6) is -0.209. The van der Waals surface area contributed by atoms with Gasteiger partial charge < -0.3 is 13.9 Å². The Balaban J connectivity index is 1.53. The van der Waals surface area contributed by atoms with Gasteiger partial charge in [0, 0.05) is 17.5 Å². The predicted molar refractivity (Wildman–Crippen MR) is 101 cm³/mol. The van der Waals surface area contributed by atoms with Gasteiger partial charge in [0.05, 0.1) is 0 Å². The maximum Gasteiger partial charge on any atom is 0.344 e. The zero-order chi connectivity index (χ0) is 20.8. The summed E-state index contributed by atoms with van der Waals surface area (Å²) in [5.41, 5.74) is 1.14. The molecule has 3 rings (SSSR count). The molecule has 0 N–H and O–H groups in total. The maximum absolute atomic E-state index is 13.0. The van der Waals surface area contributed by atoms with E-state index in [2.05, 4.69) is 10.2 Å². The molecule has 7 nitrogen and oxygen atoms in total. The molecular formula is C21H19FN2O5.